The average Bonchev–Trinajstić information content (AvgIpc) is 3.19. The Morgan fingerprint density at radius 3 is 2.56 bits per heavy atom. The van der Waals surface area contributed by atoms with Gasteiger partial charge in [-0.1, -0.05) is 32.9 Å². The number of carbonyl (C=O) groups excluding carboxylic acids is 4. The number of para-hydroxylation sites is 1. The van der Waals surface area contributed by atoms with Gasteiger partial charge in [-0.15, -0.1) is 0 Å². The Morgan fingerprint density at radius 2 is 1.94 bits per heavy atom. The molecule has 0 bridgehead atoms. The normalized spacial score (nSPS) is 18.1. The summed E-state index contributed by atoms with van der Waals surface area (Å²) in [6.45, 7) is 6.32. The Morgan fingerprint density at radius 1 is 1.21 bits per heavy atom. The molecule has 0 aliphatic carbocycles. The van der Waals surface area contributed by atoms with Gasteiger partial charge >= 0.3 is 0 Å². The van der Waals surface area contributed by atoms with Crippen LogP contribution >= 0.6 is 0 Å². The second-order valence-electron chi connectivity index (χ2n) is 10.0. The fraction of sp³-hybridized carbons (Fsp3) is 0.500. The van der Waals surface area contributed by atoms with E-state index in [1.165, 1.54) is 12.1 Å². The van der Waals surface area contributed by atoms with Crippen molar-refractivity contribution >= 4 is 34.5 Å². The van der Waals surface area contributed by atoms with Crippen molar-refractivity contribution in [1.29, 1.82) is 0 Å². The summed E-state index contributed by atoms with van der Waals surface area (Å²) in [5, 5.41) is 8.59. The van der Waals surface area contributed by atoms with Crippen molar-refractivity contribution in [3.05, 3.63) is 35.8 Å². The van der Waals surface area contributed by atoms with Crippen molar-refractivity contribution in [1.82, 2.24) is 20.9 Å². The molecule has 0 spiro atoms. The van der Waals surface area contributed by atoms with Crippen LogP contribution in [-0.4, -0.2) is 47.2 Å². The molecule has 6 N–H and O–H groups in total. The van der Waals surface area contributed by atoms with E-state index in [0.717, 1.165) is 6.42 Å². The maximum atomic E-state index is 14.0. The lowest BCUT2D eigenvalue weighted by Crippen LogP contribution is -2.55. The molecule has 10 heteroatoms. The lowest BCUT2D eigenvalue weighted by Gasteiger charge is -2.29. The van der Waals surface area contributed by atoms with E-state index in [1.807, 2.05) is 20.8 Å². The van der Waals surface area contributed by atoms with Crippen LogP contribution in [-0.2, 0) is 14.4 Å². The summed E-state index contributed by atoms with van der Waals surface area (Å²) in [5.41, 5.74) is 5.48. The maximum absolute atomic E-state index is 14.0. The molecule has 2 aromatic rings. The minimum Gasteiger partial charge on any atom is -0.368 e. The Hall–Kier alpha value is -3.43. The van der Waals surface area contributed by atoms with Crippen molar-refractivity contribution < 1.29 is 23.6 Å². The molecule has 0 radical (unpaired) electrons. The number of amides is 4. The van der Waals surface area contributed by atoms with Crippen LogP contribution in [0.3, 0.4) is 0 Å². The number of aromatic nitrogens is 1. The smallest absolute Gasteiger partial charge is 0.268 e. The highest BCUT2D eigenvalue weighted by Gasteiger charge is 2.33. The lowest BCUT2D eigenvalue weighted by atomic mass is 9.87. The summed E-state index contributed by atoms with van der Waals surface area (Å²) in [6, 6.07) is 3.97. The molecule has 1 fully saturated rings. The predicted octanol–water partition coefficient (Wildman–Crippen LogP) is 1.73. The first-order valence-corrected chi connectivity index (χ1v) is 11.4. The number of hydrogen-bond acceptors (Lipinski definition) is 4. The lowest BCUT2D eigenvalue weighted by molar-refractivity contribution is -0.131. The minimum atomic E-state index is -1.05. The van der Waals surface area contributed by atoms with Gasteiger partial charge in [0, 0.05) is 17.8 Å². The predicted molar refractivity (Wildman–Crippen MR) is 125 cm³/mol. The third kappa shape index (κ3) is 6.33. The number of piperidine rings is 1. The SMILES string of the molecule is CC(C)(C)C[C@H](NC(=O)c1cc2cccc(F)c2[nH]1)C(=O)N[C@@H](C[C@@H]1CCCNC1=O)C(N)=O. The standard InChI is InChI=1S/C24H32FN5O4/c1-24(2,3)12-18(30-22(33)17-10-13-6-4-8-15(25)19(13)28-17)23(34)29-16(20(26)31)11-14-7-5-9-27-21(14)32/h4,6,8,10,14,16,18,28H,5,7,9,11-12H2,1-3H3,(H2,26,31)(H,27,32)(H,29,34)(H,30,33)/t14-,16-,18-/m0/s1. The van der Waals surface area contributed by atoms with Crippen molar-refractivity contribution in [3.63, 3.8) is 0 Å². The van der Waals surface area contributed by atoms with E-state index in [2.05, 4.69) is 20.9 Å². The van der Waals surface area contributed by atoms with E-state index in [4.69, 9.17) is 5.73 Å². The van der Waals surface area contributed by atoms with E-state index in [1.54, 1.807) is 12.1 Å². The maximum Gasteiger partial charge on any atom is 0.268 e. The molecule has 34 heavy (non-hydrogen) atoms. The number of halogens is 1. The van der Waals surface area contributed by atoms with Crippen molar-refractivity contribution in [3.8, 4) is 0 Å². The van der Waals surface area contributed by atoms with Gasteiger partial charge in [0.1, 0.15) is 23.6 Å². The first-order chi connectivity index (χ1) is 15.9. The highest BCUT2D eigenvalue weighted by molar-refractivity contribution is 6.00. The number of rotatable bonds is 8. The summed E-state index contributed by atoms with van der Waals surface area (Å²) in [6.07, 6.45) is 1.74. The molecule has 3 atom stereocenters. The fourth-order valence-corrected chi connectivity index (χ4v) is 4.16. The fourth-order valence-electron chi connectivity index (χ4n) is 4.16. The summed E-state index contributed by atoms with van der Waals surface area (Å²) < 4.78 is 14.0. The van der Waals surface area contributed by atoms with E-state index in [-0.39, 0.29) is 35.4 Å². The van der Waals surface area contributed by atoms with Gasteiger partial charge < -0.3 is 26.7 Å². The zero-order chi connectivity index (χ0) is 25.0. The molecule has 1 saturated heterocycles. The van der Waals surface area contributed by atoms with E-state index >= 15 is 0 Å². The number of fused-ring (bicyclic) bond motifs is 1. The molecule has 3 rings (SSSR count). The zero-order valence-electron chi connectivity index (χ0n) is 19.7. The second kappa shape index (κ2) is 10.2. The number of nitrogens with two attached hydrogens (primary N) is 1. The molecule has 1 aromatic carbocycles. The first kappa shape index (κ1) is 25.2. The molecule has 1 aromatic heterocycles. The van der Waals surface area contributed by atoms with Gasteiger partial charge in [0.25, 0.3) is 5.91 Å². The first-order valence-electron chi connectivity index (χ1n) is 11.4. The van der Waals surface area contributed by atoms with Gasteiger partial charge in [0.2, 0.25) is 17.7 Å². The number of hydrogen-bond donors (Lipinski definition) is 5. The number of carbonyl (C=O) groups is 4. The van der Waals surface area contributed by atoms with Crippen molar-refractivity contribution in [2.75, 3.05) is 6.54 Å². The summed E-state index contributed by atoms with van der Waals surface area (Å²) >= 11 is 0. The molecule has 184 valence electrons. The quantitative estimate of drug-likeness (QED) is 0.397. The van der Waals surface area contributed by atoms with Crippen LogP contribution in [0.15, 0.2) is 24.3 Å². The van der Waals surface area contributed by atoms with Gasteiger partial charge in [-0.05, 0) is 43.2 Å². The van der Waals surface area contributed by atoms with Gasteiger partial charge in [-0.3, -0.25) is 19.2 Å². The highest BCUT2D eigenvalue weighted by atomic mass is 19.1. The Balaban J connectivity index is 1.76. The van der Waals surface area contributed by atoms with Gasteiger partial charge in [-0.25, -0.2) is 4.39 Å². The largest absolute Gasteiger partial charge is 0.368 e. The molecular weight excluding hydrogens is 441 g/mol. The van der Waals surface area contributed by atoms with E-state index < -0.39 is 41.5 Å². The average molecular weight is 474 g/mol. The Kier molecular flexibility index (Phi) is 7.58. The molecule has 9 nitrogen and oxygen atoms in total. The summed E-state index contributed by atoms with van der Waals surface area (Å²) in [4.78, 5) is 53.0. The molecule has 0 unspecified atom stereocenters. The molecule has 1 aliphatic rings. The van der Waals surface area contributed by atoms with E-state index in [9.17, 15) is 23.6 Å². The van der Waals surface area contributed by atoms with Gasteiger partial charge in [0.05, 0.1) is 5.52 Å². The summed E-state index contributed by atoms with van der Waals surface area (Å²) in [5.74, 6) is -3.00. The topological polar surface area (TPSA) is 146 Å². The molecule has 1 aliphatic heterocycles. The van der Waals surface area contributed by atoms with Gasteiger partial charge in [0.15, 0.2) is 0 Å². The van der Waals surface area contributed by atoms with Crippen LogP contribution in [0.25, 0.3) is 10.9 Å². The monoisotopic (exact) mass is 473 g/mol. The Bertz CT molecular complexity index is 1090. The molecular formula is C24H32FN5O4. The van der Waals surface area contributed by atoms with Crippen LogP contribution in [0.1, 0.15) is 56.9 Å². The Labute approximate surface area is 197 Å². The minimum absolute atomic E-state index is 0.0877. The molecule has 0 saturated carbocycles. The van der Waals surface area contributed by atoms with Crippen LogP contribution in [0.5, 0.6) is 0 Å². The van der Waals surface area contributed by atoms with Gasteiger partial charge in [-0.2, -0.15) is 0 Å². The third-order valence-corrected chi connectivity index (χ3v) is 5.87. The summed E-state index contributed by atoms with van der Waals surface area (Å²) in [7, 11) is 0. The van der Waals surface area contributed by atoms with Crippen LogP contribution in [0, 0.1) is 17.2 Å². The van der Waals surface area contributed by atoms with Crippen LogP contribution in [0.2, 0.25) is 0 Å². The third-order valence-electron chi connectivity index (χ3n) is 5.87. The number of aromatic amines is 1. The number of nitrogens with one attached hydrogen (secondary N) is 4. The number of primary amides is 1. The van der Waals surface area contributed by atoms with Crippen LogP contribution < -0.4 is 21.7 Å². The van der Waals surface area contributed by atoms with Crippen molar-refractivity contribution in [2.45, 2.75) is 58.5 Å². The number of H-pyrrole nitrogens is 1. The van der Waals surface area contributed by atoms with E-state index in [0.29, 0.717) is 18.4 Å². The van der Waals surface area contributed by atoms with Crippen molar-refractivity contribution in [2.24, 2.45) is 17.1 Å². The zero-order valence-corrected chi connectivity index (χ0v) is 19.7. The highest BCUT2D eigenvalue weighted by Crippen LogP contribution is 2.23. The molecule has 4 amide bonds. The second-order valence-corrected chi connectivity index (χ2v) is 10.0. The molecule has 2 heterocycles. The van der Waals surface area contributed by atoms with Crippen LogP contribution in [0.4, 0.5) is 4.39 Å². The number of benzene rings is 1.